The van der Waals surface area contributed by atoms with Crippen molar-refractivity contribution in [1.82, 2.24) is 5.32 Å². The number of sulfone groups is 1. The molecule has 0 aliphatic rings. The summed E-state index contributed by atoms with van der Waals surface area (Å²) in [7, 11) is -3.51. The van der Waals surface area contributed by atoms with Gasteiger partial charge in [-0.3, -0.25) is 4.79 Å². The van der Waals surface area contributed by atoms with Gasteiger partial charge in [0.05, 0.1) is 10.6 Å². The van der Waals surface area contributed by atoms with E-state index in [0.717, 1.165) is 5.56 Å². The first-order valence-corrected chi connectivity index (χ1v) is 10.3. The number of amides is 1. The second-order valence-electron chi connectivity index (χ2n) is 5.76. The molecule has 0 saturated heterocycles. The van der Waals surface area contributed by atoms with Crippen molar-refractivity contribution in [2.45, 2.75) is 17.7 Å². The van der Waals surface area contributed by atoms with Crippen molar-refractivity contribution in [3.63, 3.8) is 0 Å². The highest BCUT2D eigenvalue weighted by molar-refractivity contribution is 7.91. The Morgan fingerprint density at radius 1 is 1.11 bits per heavy atom. The number of terminal acetylenes is 1. The topological polar surface area (TPSA) is 72.5 Å². The maximum atomic E-state index is 12.2. The van der Waals surface area contributed by atoms with Crippen LogP contribution in [0.3, 0.4) is 0 Å². The molecule has 5 nitrogen and oxygen atoms in total. The molecule has 7 heteroatoms. The molecule has 1 amide bonds. The van der Waals surface area contributed by atoms with Crippen LogP contribution in [-0.4, -0.2) is 33.2 Å². The van der Waals surface area contributed by atoms with E-state index in [2.05, 4.69) is 11.2 Å². The van der Waals surface area contributed by atoms with Gasteiger partial charge in [-0.25, -0.2) is 8.42 Å². The van der Waals surface area contributed by atoms with Crippen LogP contribution in [0.15, 0.2) is 53.4 Å². The van der Waals surface area contributed by atoms with Crippen molar-refractivity contribution in [3.05, 3.63) is 59.1 Å². The van der Waals surface area contributed by atoms with Crippen LogP contribution in [0.5, 0.6) is 5.75 Å². The van der Waals surface area contributed by atoms with Crippen LogP contribution >= 0.6 is 11.6 Å². The van der Waals surface area contributed by atoms with Crippen LogP contribution in [0.25, 0.3) is 0 Å². The van der Waals surface area contributed by atoms with Gasteiger partial charge < -0.3 is 10.1 Å². The summed E-state index contributed by atoms with van der Waals surface area (Å²) in [6.07, 6.45) is 5.67. The molecular weight excluding hydrogens is 386 g/mol. The molecule has 0 fully saturated rings. The van der Waals surface area contributed by atoms with Gasteiger partial charge in [-0.1, -0.05) is 29.7 Å². The van der Waals surface area contributed by atoms with Crippen molar-refractivity contribution in [3.8, 4) is 18.1 Å². The molecule has 1 N–H and O–H groups in total. The van der Waals surface area contributed by atoms with Gasteiger partial charge in [0.25, 0.3) is 0 Å². The summed E-state index contributed by atoms with van der Waals surface area (Å²) in [6.45, 7) is 0.638. The molecule has 0 radical (unpaired) electrons. The third-order valence-corrected chi connectivity index (χ3v) is 5.74. The number of halogens is 1. The fraction of sp³-hybridized carbons (Fsp3) is 0.250. The van der Waals surface area contributed by atoms with E-state index >= 15 is 0 Å². The van der Waals surface area contributed by atoms with Gasteiger partial charge in [0.15, 0.2) is 9.84 Å². The number of hydrogen-bond acceptors (Lipinski definition) is 4. The zero-order chi connectivity index (χ0) is 19.7. The average molecular weight is 406 g/mol. The lowest BCUT2D eigenvalue weighted by atomic mass is 10.1. The van der Waals surface area contributed by atoms with E-state index in [4.69, 9.17) is 22.8 Å². The summed E-state index contributed by atoms with van der Waals surface area (Å²) in [5, 5.41) is 3.19. The fourth-order valence-corrected chi connectivity index (χ4v) is 3.67. The van der Waals surface area contributed by atoms with Gasteiger partial charge in [-0.2, -0.15) is 0 Å². The molecule has 0 spiro atoms. The predicted octanol–water partition coefficient (Wildman–Crippen LogP) is 2.87. The quantitative estimate of drug-likeness (QED) is 0.651. The van der Waals surface area contributed by atoms with Crippen molar-refractivity contribution in [2.75, 3.05) is 18.9 Å². The lowest BCUT2D eigenvalue weighted by Crippen LogP contribution is -2.27. The second kappa shape index (κ2) is 10.0. The van der Waals surface area contributed by atoms with Crippen LogP contribution in [0.2, 0.25) is 5.02 Å². The Balaban J connectivity index is 1.74. The summed E-state index contributed by atoms with van der Waals surface area (Å²) >= 11 is 5.75. The zero-order valence-electron chi connectivity index (χ0n) is 14.7. The minimum Gasteiger partial charge on any atom is -0.481 e. The van der Waals surface area contributed by atoms with Crippen molar-refractivity contribution in [2.24, 2.45) is 0 Å². The van der Waals surface area contributed by atoms with Crippen LogP contribution in [0, 0.1) is 12.3 Å². The first-order valence-electron chi connectivity index (χ1n) is 8.31. The lowest BCUT2D eigenvalue weighted by Gasteiger charge is -2.07. The van der Waals surface area contributed by atoms with E-state index in [-0.39, 0.29) is 29.6 Å². The van der Waals surface area contributed by atoms with Crippen molar-refractivity contribution in [1.29, 1.82) is 0 Å². The number of carbonyl (C=O) groups is 1. The lowest BCUT2D eigenvalue weighted by molar-refractivity contribution is -0.120. The van der Waals surface area contributed by atoms with Crippen LogP contribution in [-0.2, 0) is 21.1 Å². The summed E-state index contributed by atoms with van der Waals surface area (Å²) in [6, 6.07) is 13.3. The van der Waals surface area contributed by atoms with Crippen LogP contribution < -0.4 is 10.1 Å². The largest absolute Gasteiger partial charge is 0.481 e. The normalized spacial score (nSPS) is 10.8. The summed E-state index contributed by atoms with van der Waals surface area (Å²) in [4.78, 5) is 12.1. The molecular formula is C20H20ClNO4S. The minimum atomic E-state index is -3.51. The molecule has 142 valence electrons. The first-order chi connectivity index (χ1) is 12.9. The van der Waals surface area contributed by atoms with E-state index in [1.165, 1.54) is 24.3 Å². The Kier molecular flexibility index (Phi) is 7.71. The average Bonchev–Trinajstić information content (AvgIpc) is 2.66. The predicted molar refractivity (Wildman–Crippen MR) is 106 cm³/mol. The van der Waals surface area contributed by atoms with E-state index in [0.29, 0.717) is 23.7 Å². The molecule has 0 atom stereocenters. The van der Waals surface area contributed by atoms with Gasteiger partial charge in [-0.15, -0.1) is 6.42 Å². The SMILES string of the molecule is C#CCOc1ccc(CCNC(=O)CCS(=O)(=O)c2ccc(Cl)cc2)cc1. The molecule has 0 aromatic heterocycles. The number of ether oxygens (including phenoxy) is 1. The Bertz CT molecular complexity index is 900. The Morgan fingerprint density at radius 3 is 2.41 bits per heavy atom. The van der Waals surface area contributed by atoms with Crippen LogP contribution in [0.1, 0.15) is 12.0 Å². The van der Waals surface area contributed by atoms with Gasteiger partial charge in [0.2, 0.25) is 5.91 Å². The van der Waals surface area contributed by atoms with Gasteiger partial charge in [0.1, 0.15) is 12.4 Å². The van der Waals surface area contributed by atoms with E-state index in [1.54, 1.807) is 0 Å². The number of carbonyl (C=O) groups excluding carboxylic acids is 1. The highest BCUT2D eigenvalue weighted by Crippen LogP contribution is 2.16. The van der Waals surface area contributed by atoms with E-state index in [1.807, 2.05) is 24.3 Å². The number of nitrogens with one attached hydrogen (secondary N) is 1. The molecule has 0 unspecified atom stereocenters. The second-order valence-corrected chi connectivity index (χ2v) is 8.31. The summed E-state index contributed by atoms with van der Waals surface area (Å²) in [5.74, 6) is 2.53. The third-order valence-electron chi connectivity index (χ3n) is 3.75. The Labute approximate surface area is 164 Å². The highest BCUT2D eigenvalue weighted by atomic mass is 35.5. The molecule has 2 aromatic carbocycles. The fourth-order valence-electron chi connectivity index (χ4n) is 2.30. The Morgan fingerprint density at radius 2 is 1.78 bits per heavy atom. The molecule has 0 heterocycles. The Hall–Kier alpha value is -2.49. The molecule has 27 heavy (non-hydrogen) atoms. The molecule has 0 aliphatic carbocycles. The maximum absolute atomic E-state index is 12.2. The molecule has 0 aliphatic heterocycles. The zero-order valence-corrected chi connectivity index (χ0v) is 16.2. The standard InChI is InChI=1S/C20H20ClNO4S/c1-2-14-26-18-7-3-16(4-8-18)11-13-22-20(23)12-15-27(24,25)19-9-5-17(21)6-10-19/h1,3-10H,11-15H2,(H,22,23). The summed E-state index contributed by atoms with van der Waals surface area (Å²) in [5.41, 5.74) is 1.03. The van der Waals surface area contributed by atoms with E-state index in [9.17, 15) is 13.2 Å². The molecule has 2 rings (SSSR count). The number of benzene rings is 2. The molecule has 0 bridgehead atoms. The number of rotatable bonds is 9. The van der Waals surface area contributed by atoms with Crippen molar-refractivity contribution >= 4 is 27.3 Å². The van der Waals surface area contributed by atoms with Crippen LogP contribution in [0.4, 0.5) is 0 Å². The minimum absolute atomic E-state index is 0.0934. The highest BCUT2D eigenvalue weighted by Gasteiger charge is 2.16. The smallest absolute Gasteiger partial charge is 0.221 e. The number of hydrogen-bond donors (Lipinski definition) is 1. The summed E-state index contributed by atoms with van der Waals surface area (Å²) < 4.78 is 29.7. The molecule has 2 aromatic rings. The van der Waals surface area contributed by atoms with Gasteiger partial charge in [0, 0.05) is 18.0 Å². The monoisotopic (exact) mass is 405 g/mol. The van der Waals surface area contributed by atoms with Crippen molar-refractivity contribution < 1.29 is 17.9 Å². The third kappa shape index (κ3) is 6.97. The van der Waals surface area contributed by atoms with E-state index < -0.39 is 9.84 Å². The first kappa shape index (κ1) is 20.8. The maximum Gasteiger partial charge on any atom is 0.221 e. The van der Waals surface area contributed by atoms with Gasteiger partial charge in [-0.05, 0) is 48.4 Å². The molecule has 0 saturated carbocycles. The van der Waals surface area contributed by atoms with Gasteiger partial charge >= 0.3 is 0 Å².